The maximum absolute atomic E-state index is 5.45. The van der Waals surface area contributed by atoms with Gasteiger partial charge in [-0.1, -0.05) is 19.8 Å². The molecule has 1 aromatic rings. The first-order chi connectivity index (χ1) is 7.06. The summed E-state index contributed by atoms with van der Waals surface area (Å²) in [4.78, 5) is 4.26. The Morgan fingerprint density at radius 1 is 1.53 bits per heavy atom. The third-order valence-corrected chi connectivity index (χ3v) is 3.22. The number of nitrogens with one attached hydrogen (secondary N) is 1. The number of hydrogen-bond acceptors (Lipinski definition) is 2. The van der Waals surface area contributed by atoms with Gasteiger partial charge in [0.1, 0.15) is 5.82 Å². The molecule has 2 nitrogen and oxygen atoms in total. The van der Waals surface area contributed by atoms with Gasteiger partial charge in [0.2, 0.25) is 0 Å². The van der Waals surface area contributed by atoms with Crippen molar-refractivity contribution in [3.63, 3.8) is 0 Å². The summed E-state index contributed by atoms with van der Waals surface area (Å²) in [5, 5.41) is 3.24. The van der Waals surface area contributed by atoms with E-state index in [1.54, 1.807) is 6.20 Å². The number of halogens is 1. The van der Waals surface area contributed by atoms with Crippen LogP contribution in [0.1, 0.15) is 19.4 Å². The van der Waals surface area contributed by atoms with E-state index in [-0.39, 0.29) is 6.04 Å². The van der Waals surface area contributed by atoms with Crippen LogP contribution in [-0.2, 0) is 0 Å². The molecule has 1 rings (SSSR count). The molecule has 0 fully saturated rings. The topological polar surface area (TPSA) is 24.9 Å². The van der Waals surface area contributed by atoms with E-state index in [1.165, 1.54) is 0 Å². The van der Waals surface area contributed by atoms with Gasteiger partial charge in [0.25, 0.3) is 0 Å². The summed E-state index contributed by atoms with van der Waals surface area (Å²) in [6.45, 7) is 6.19. The highest BCUT2D eigenvalue weighted by atomic mass is 79.9. The zero-order valence-corrected chi connectivity index (χ0v) is 10.8. The molecule has 3 heteroatoms. The van der Waals surface area contributed by atoms with Crippen molar-refractivity contribution in [1.29, 1.82) is 0 Å². The van der Waals surface area contributed by atoms with Crippen LogP contribution >= 0.6 is 15.9 Å². The fraction of sp³-hybridized carbons (Fsp3) is 0.417. The lowest BCUT2D eigenvalue weighted by molar-refractivity contribution is 0.612. The van der Waals surface area contributed by atoms with Crippen LogP contribution in [0.4, 0.5) is 5.82 Å². The highest BCUT2D eigenvalue weighted by molar-refractivity contribution is 9.10. The summed E-state index contributed by atoms with van der Waals surface area (Å²) in [6.07, 6.45) is 7.23. The number of aryl methyl sites for hydroxylation is 1. The minimum atomic E-state index is 0.00981. The number of aromatic nitrogens is 1. The Kier molecular flexibility index (Phi) is 4.16. The minimum absolute atomic E-state index is 0.00981. The Hall–Kier alpha value is -1.01. The number of pyridine rings is 1. The first-order valence-electron chi connectivity index (χ1n) is 4.90. The van der Waals surface area contributed by atoms with Crippen molar-refractivity contribution in [3.8, 4) is 12.3 Å². The fourth-order valence-electron chi connectivity index (χ4n) is 1.19. The first kappa shape index (κ1) is 12.1. The molecule has 0 aliphatic heterocycles. The van der Waals surface area contributed by atoms with Crippen LogP contribution in [-0.4, -0.2) is 11.0 Å². The average molecular weight is 267 g/mol. The molecular weight excluding hydrogens is 252 g/mol. The molecule has 80 valence electrons. The minimum Gasteiger partial charge on any atom is -0.355 e. The van der Waals surface area contributed by atoms with Crippen LogP contribution in [0.2, 0.25) is 0 Å². The summed E-state index contributed by atoms with van der Waals surface area (Å²) in [5.74, 6) is 3.92. The van der Waals surface area contributed by atoms with Crippen molar-refractivity contribution in [2.75, 3.05) is 5.32 Å². The maximum atomic E-state index is 5.45. The van der Waals surface area contributed by atoms with Crippen LogP contribution in [0.25, 0.3) is 0 Å². The van der Waals surface area contributed by atoms with Crippen molar-refractivity contribution in [2.24, 2.45) is 5.92 Å². The summed E-state index contributed by atoms with van der Waals surface area (Å²) in [6, 6.07) is 1.96. The molecule has 1 atom stereocenters. The molecule has 0 aliphatic carbocycles. The molecule has 1 unspecified atom stereocenters. The van der Waals surface area contributed by atoms with Gasteiger partial charge in [-0.2, -0.15) is 0 Å². The zero-order valence-electron chi connectivity index (χ0n) is 9.21. The molecule has 1 N–H and O–H groups in total. The summed E-state index contributed by atoms with van der Waals surface area (Å²) in [5.41, 5.74) is 1.15. The van der Waals surface area contributed by atoms with E-state index in [2.05, 4.69) is 46.0 Å². The lowest BCUT2D eigenvalue weighted by atomic mass is 10.1. The maximum Gasteiger partial charge on any atom is 0.141 e. The molecule has 0 saturated heterocycles. The standard InChI is InChI=1S/C12H15BrN2/c1-5-10(8(2)3)15-12-11(13)9(4)6-7-14-12/h1,6-8,10H,2-4H3,(H,14,15). The van der Waals surface area contributed by atoms with Crippen LogP contribution in [0.5, 0.6) is 0 Å². The quantitative estimate of drug-likeness (QED) is 0.850. The highest BCUT2D eigenvalue weighted by Gasteiger charge is 2.12. The molecule has 15 heavy (non-hydrogen) atoms. The summed E-state index contributed by atoms with van der Waals surface area (Å²) in [7, 11) is 0. The molecule has 0 spiro atoms. The van der Waals surface area contributed by atoms with Crippen LogP contribution in [0, 0.1) is 25.2 Å². The molecule has 1 heterocycles. The smallest absolute Gasteiger partial charge is 0.141 e. The van der Waals surface area contributed by atoms with Crippen molar-refractivity contribution >= 4 is 21.7 Å². The van der Waals surface area contributed by atoms with Crippen LogP contribution in [0.15, 0.2) is 16.7 Å². The second kappa shape index (κ2) is 5.18. The van der Waals surface area contributed by atoms with E-state index < -0.39 is 0 Å². The van der Waals surface area contributed by atoms with E-state index >= 15 is 0 Å². The van der Waals surface area contributed by atoms with Gasteiger partial charge in [-0.05, 0) is 40.4 Å². The summed E-state index contributed by atoms with van der Waals surface area (Å²) >= 11 is 3.49. The number of rotatable bonds is 3. The van der Waals surface area contributed by atoms with Gasteiger partial charge in [0.05, 0.1) is 10.5 Å². The molecule has 0 amide bonds. The molecule has 0 aliphatic rings. The van der Waals surface area contributed by atoms with Crippen molar-refractivity contribution in [1.82, 2.24) is 4.98 Å². The Morgan fingerprint density at radius 2 is 2.20 bits per heavy atom. The summed E-state index contributed by atoms with van der Waals surface area (Å²) < 4.78 is 0.978. The number of hydrogen-bond donors (Lipinski definition) is 1. The molecular formula is C12H15BrN2. The lowest BCUT2D eigenvalue weighted by Crippen LogP contribution is -2.24. The Bertz CT molecular complexity index is 380. The van der Waals surface area contributed by atoms with E-state index in [4.69, 9.17) is 6.42 Å². The van der Waals surface area contributed by atoms with Gasteiger partial charge in [-0.25, -0.2) is 4.98 Å². The second-order valence-electron chi connectivity index (χ2n) is 3.82. The predicted molar refractivity (Wildman–Crippen MR) is 67.8 cm³/mol. The lowest BCUT2D eigenvalue weighted by Gasteiger charge is -2.18. The highest BCUT2D eigenvalue weighted by Crippen LogP contribution is 2.24. The first-order valence-corrected chi connectivity index (χ1v) is 5.69. The van der Waals surface area contributed by atoms with E-state index in [0.717, 1.165) is 15.9 Å². The average Bonchev–Trinajstić information content (AvgIpc) is 2.19. The molecule has 1 aromatic heterocycles. The number of anilines is 1. The Labute approximate surface area is 99.6 Å². The molecule has 0 aromatic carbocycles. The molecule has 0 saturated carbocycles. The zero-order chi connectivity index (χ0) is 11.4. The van der Waals surface area contributed by atoms with E-state index in [9.17, 15) is 0 Å². The van der Waals surface area contributed by atoms with Gasteiger partial charge in [0, 0.05) is 6.20 Å². The Morgan fingerprint density at radius 3 is 2.73 bits per heavy atom. The number of terminal acetylenes is 1. The van der Waals surface area contributed by atoms with Gasteiger partial charge in [-0.15, -0.1) is 6.42 Å². The van der Waals surface area contributed by atoms with Crippen molar-refractivity contribution in [3.05, 3.63) is 22.3 Å². The second-order valence-corrected chi connectivity index (χ2v) is 4.62. The van der Waals surface area contributed by atoms with Gasteiger partial charge in [-0.3, -0.25) is 0 Å². The van der Waals surface area contributed by atoms with E-state index in [0.29, 0.717) is 5.92 Å². The van der Waals surface area contributed by atoms with Crippen molar-refractivity contribution < 1.29 is 0 Å². The Balaban J connectivity index is 2.90. The molecule has 0 bridgehead atoms. The van der Waals surface area contributed by atoms with Crippen LogP contribution in [0.3, 0.4) is 0 Å². The van der Waals surface area contributed by atoms with Crippen LogP contribution < -0.4 is 5.32 Å². The largest absolute Gasteiger partial charge is 0.355 e. The number of nitrogens with zero attached hydrogens (tertiary/aromatic N) is 1. The molecule has 0 radical (unpaired) electrons. The van der Waals surface area contributed by atoms with Crippen molar-refractivity contribution in [2.45, 2.75) is 26.8 Å². The van der Waals surface area contributed by atoms with Gasteiger partial charge >= 0.3 is 0 Å². The van der Waals surface area contributed by atoms with Gasteiger partial charge in [0.15, 0.2) is 0 Å². The third-order valence-electron chi connectivity index (χ3n) is 2.22. The SMILES string of the molecule is C#CC(Nc1nccc(C)c1Br)C(C)C. The fourth-order valence-corrected chi connectivity index (χ4v) is 1.54. The van der Waals surface area contributed by atoms with E-state index in [1.807, 2.05) is 13.0 Å². The predicted octanol–water partition coefficient (Wildman–Crippen LogP) is 3.22. The monoisotopic (exact) mass is 266 g/mol. The normalized spacial score (nSPS) is 12.3. The van der Waals surface area contributed by atoms with Gasteiger partial charge < -0.3 is 5.32 Å². The third kappa shape index (κ3) is 2.97.